The minimum Gasteiger partial charge on any atom is -0.364 e. The molecule has 0 bridgehead atoms. The zero-order chi connectivity index (χ0) is 16.9. The van der Waals surface area contributed by atoms with Crippen LogP contribution >= 0.6 is 0 Å². The van der Waals surface area contributed by atoms with Gasteiger partial charge in [-0.15, -0.1) is 0 Å². The Bertz CT molecular complexity index is 847. The third-order valence-corrected chi connectivity index (χ3v) is 3.90. The van der Waals surface area contributed by atoms with E-state index in [4.69, 9.17) is 0 Å². The van der Waals surface area contributed by atoms with E-state index in [1.54, 1.807) is 0 Å². The number of hydrogen-bond acceptors (Lipinski definition) is 4. The largest absolute Gasteiger partial charge is 0.364 e. The van der Waals surface area contributed by atoms with E-state index in [9.17, 15) is 5.26 Å². The summed E-state index contributed by atoms with van der Waals surface area (Å²) >= 11 is 0. The topological polar surface area (TPSA) is 56.4 Å². The van der Waals surface area contributed by atoms with E-state index in [1.807, 2.05) is 34.9 Å². The Balaban J connectivity index is 1.67. The summed E-state index contributed by atoms with van der Waals surface area (Å²) in [6.07, 6.45) is 1.86. The standard InChI is InChI=1S/C19H21N5/c1-15(13-23(2)14-16-8-4-3-5-9-16)21-19-17(12-20)24-11-7-6-10-18(24)22-19/h3-11,15,21H,13-14H2,1-2H3. The summed E-state index contributed by atoms with van der Waals surface area (Å²) in [5.74, 6) is 0.643. The molecule has 0 fully saturated rings. The van der Waals surface area contributed by atoms with Gasteiger partial charge in [-0.2, -0.15) is 5.26 Å². The molecule has 5 nitrogen and oxygen atoms in total. The molecule has 3 rings (SSSR count). The van der Waals surface area contributed by atoms with Crippen LogP contribution in [-0.2, 0) is 6.54 Å². The molecule has 2 heterocycles. The molecule has 24 heavy (non-hydrogen) atoms. The smallest absolute Gasteiger partial charge is 0.168 e. The fourth-order valence-corrected chi connectivity index (χ4v) is 2.91. The number of aromatic nitrogens is 2. The number of likely N-dealkylation sites (N-methyl/N-ethyl adjacent to an activating group) is 1. The number of fused-ring (bicyclic) bond motifs is 1. The molecule has 0 saturated carbocycles. The van der Waals surface area contributed by atoms with E-state index >= 15 is 0 Å². The van der Waals surface area contributed by atoms with E-state index in [-0.39, 0.29) is 6.04 Å². The van der Waals surface area contributed by atoms with E-state index < -0.39 is 0 Å². The van der Waals surface area contributed by atoms with Crippen LogP contribution in [0.25, 0.3) is 5.65 Å². The zero-order valence-electron chi connectivity index (χ0n) is 14.0. The maximum Gasteiger partial charge on any atom is 0.168 e. The van der Waals surface area contributed by atoms with Crippen molar-refractivity contribution >= 4 is 11.5 Å². The number of anilines is 1. The van der Waals surface area contributed by atoms with Crippen LogP contribution in [0.3, 0.4) is 0 Å². The van der Waals surface area contributed by atoms with Crippen LogP contribution in [0.1, 0.15) is 18.2 Å². The van der Waals surface area contributed by atoms with Gasteiger partial charge >= 0.3 is 0 Å². The first-order chi connectivity index (χ1) is 11.7. The van der Waals surface area contributed by atoms with Crippen LogP contribution in [0.15, 0.2) is 54.7 Å². The van der Waals surface area contributed by atoms with Crippen molar-refractivity contribution in [3.63, 3.8) is 0 Å². The van der Waals surface area contributed by atoms with Gasteiger partial charge in [-0.05, 0) is 31.7 Å². The second kappa shape index (κ2) is 7.16. The lowest BCUT2D eigenvalue weighted by Gasteiger charge is -2.22. The van der Waals surface area contributed by atoms with Gasteiger partial charge in [0.15, 0.2) is 11.5 Å². The molecule has 0 amide bonds. The van der Waals surface area contributed by atoms with Gasteiger partial charge < -0.3 is 10.2 Å². The average molecular weight is 319 g/mol. The van der Waals surface area contributed by atoms with Crippen LogP contribution in [0.4, 0.5) is 5.82 Å². The summed E-state index contributed by atoms with van der Waals surface area (Å²) in [6, 6.07) is 18.5. The van der Waals surface area contributed by atoms with Crippen LogP contribution < -0.4 is 5.32 Å². The summed E-state index contributed by atoms with van der Waals surface area (Å²) in [5.41, 5.74) is 2.61. The lowest BCUT2D eigenvalue weighted by atomic mass is 10.2. The maximum atomic E-state index is 9.43. The highest BCUT2D eigenvalue weighted by molar-refractivity contribution is 5.59. The number of nitriles is 1. The van der Waals surface area contributed by atoms with Gasteiger partial charge in [-0.1, -0.05) is 36.4 Å². The van der Waals surface area contributed by atoms with E-state index in [2.05, 4.69) is 59.5 Å². The fourth-order valence-electron chi connectivity index (χ4n) is 2.91. The molecule has 3 aromatic rings. The highest BCUT2D eigenvalue weighted by atomic mass is 15.2. The molecular weight excluding hydrogens is 298 g/mol. The zero-order valence-corrected chi connectivity index (χ0v) is 14.0. The van der Waals surface area contributed by atoms with Crippen molar-refractivity contribution in [2.45, 2.75) is 19.5 Å². The Morgan fingerprint density at radius 1 is 1.21 bits per heavy atom. The van der Waals surface area contributed by atoms with Crippen molar-refractivity contribution in [1.82, 2.24) is 14.3 Å². The second-order valence-electron chi connectivity index (χ2n) is 6.08. The van der Waals surface area contributed by atoms with E-state index in [0.29, 0.717) is 11.5 Å². The van der Waals surface area contributed by atoms with Gasteiger partial charge in [-0.25, -0.2) is 4.98 Å². The number of nitrogens with zero attached hydrogens (tertiary/aromatic N) is 4. The molecule has 0 saturated heterocycles. The average Bonchev–Trinajstić information content (AvgIpc) is 2.92. The first kappa shape index (κ1) is 16.0. The number of rotatable bonds is 6. The first-order valence-corrected chi connectivity index (χ1v) is 8.03. The van der Waals surface area contributed by atoms with Gasteiger partial charge in [0.2, 0.25) is 0 Å². The molecule has 1 atom stereocenters. The quantitative estimate of drug-likeness (QED) is 0.758. The molecule has 0 aliphatic rings. The van der Waals surface area contributed by atoms with Crippen LogP contribution in [-0.4, -0.2) is 33.9 Å². The van der Waals surface area contributed by atoms with Crippen LogP contribution in [0.5, 0.6) is 0 Å². The Morgan fingerprint density at radius 3 is 2.71 bits per heavy atom. The van der Waals surface area contributed by atoms with Gasteiger partial charge in [0.05, 0.1) is 0 Å². The molecule has 0 aliphatic heterocycles. The molecule has 0 aliphatic carbocycles. The predicted octanol–water partition coefficient (Wildman–Crippen LogP) is 3.14. The fraction of sp³-hybridized carbons (Fsp3) is 0.263. The first-order valence-electron chi connectivity index (χ1n) is 8.03. The Morgan fingerprint density at radius 2 is 1.96 bits per heavy atom. The highest BCUT2D eigenvalue weighted by Crippen LogP contribution is 2.17. The minimum absolute atomic E-state index is 0.177. The summed E-state index contributed by atoms with van der Waals surface area (Å²) in [5, 5.41) is 12.8. The summed E-state index contributed by atoms with van der Waals surface area (Å²) < 4.78 is 1.81. The lowest BCUT2D eigenvalue weighted by molar-refractivity contribution is 0.316. The molecule has 0 spiro atoms. The minimum atomic E-state index is 0.177. The summed E-state index contributed by atoms with van der Waals surface area (Å²) in [7, 11) is 2.10. The third-order valence-electron chi connectivity index (χ3n) is 3.90. The van der Waals surface area contributed by atoms with Crippen molar-refractivity contribution in [1.29, 1.82) is 5.26 Å². The van der Waals surface area contributed by atoms with Crippen molar-refractivity contribution in [2.75, 3.05) is 18.9 Å². The molecule has 2 aromatic heterocycles. The van der Waals surface area contributed by atoms with Crippen LogP contribution in [0, 0.1) is 11.3 Å². The third kappa shape index (κ3) is 3.55. The normalized spacial score (nSPS) is 12.2. The number of pyridine rings is 1. The number of nitrogens with one attached hydrogen (secondary N) is 1. The van der Waals surface area contributed by atoms with Crippen molar-refractivity contribution in [3.05, 3.63) is 66.0 Å². The lowest BCUT2D eigenvalue weighted by Crippen LogP contribution is -2.32. The number of benzene rings is 1. The Kier molecular flexibility index (Phi) is 4.78. The molecule has 122 valence electrons. The Labute approximate surface area is 142 Å². The maximum absolute atomic E-state index is 9.43. The highest BCUT2D eigenvalue weighted by Gasteiger charge is 2.14. The molecule has 1 aromatic carbocycles. The Hall–Kier alpha value is -2.84. The summed E-state index contributed by atoms with van der Waals surface area (Å²) in [4.78, 5) is 6.78. The molecule has 1 N–H and O–H groups in total. The predicted molar refractivity (Wildman–Crippen MR) is 95.8 cm³/mol. The van der Waals surface area contributed by atoms with Crippen molar-refractivity contribution < 1.29 is 0 Å². The van der Waals surface area contributed by atoms with Gasteiger partial charge in [-0.3, -0.25) is 4.40 Å². The van der Waals surface area contributed by atoms with Gasteiger partial charge in [0.1, 0.15) is 11.7 Å². The molecule has 5 heteroatoms. The van der Waals surface area contributed by atoms with Gasteiger partial charge in [0.25, 0.3) is 0 Å². The summed E-state index contributed by atoms with van der Waals surface area (Å²) in [6.45, 7) is 3.85. The monoisotopic (exact) mass is 319 g/mol. The van der Waals surface area contributed by atoms with E-state index in [1.165, 1.54) is 5.56 Å². The number of imidazole rings is 1. The number of hydrogen-bond donors (Lipinski definition) is 1. The van der Waals surface area contributed by atoms with Gasteiger partial charge in [0, 0.05) is 25.3 Å². The van der Waals surface area contributed by atoms with Crippen molar-refractivity contribution in [3.8, 4) is 6.07 Å². The van der Waals surface area contributed by atoms with Crippen molar-refractivity contribution in [2.24, 2.45) is 0 Å². The molecular formula is C19H21N5. The second-order valence-corrected chi connectivity index (χ2v) is 6.08. The molecule has 0 radical (unpaired) electrons. The van der Waals surface area contributed by atoms with E-state index in [0.717, 1.165) is 18.7 Å². The van der Waals surface area contributed by atoms with Crippen LogP contribution in [0.2, 0.25) is 0 Å². The molecule has 1 unspecified atom stereocenters. The SMILES string of the molecule is CC(CN(C)Cc1ccccc1)Nc1nc2ccccn2c1C#N.